The van der Waals surface area contributed by atoms with Crippen molar-refractivity contribution in [2.24, 2.45) is 11.7 Å². The Morgan fingerprint density at radius 1 is 1.41 bits per heavy atom. The number of pyridine rings is 1. The van der Waals surface area contributed by atoms with Crippen molar-refractivity contribution in [2.75, 3.05) is 13.1 Å². The summed E-state index contributed by atoms with van der Waals surface area (Å²) in [6.07, 6.45) is 5.58. The zero-order valence-electron chi connectivity index (χ0n) is 12.7. The fourth-order valence-electron chi connectivity index (χ4n) is 2.86. The lowest BCUT2D eigenvalue weighted by Gasteiger charge is -2.34. The zero-order valence-corrected chi connectivity index (χ0v) is 12.7. The molecule has 0 radical (unpaired) electrons. The van der Waals surface area contributed by atoms with E-state index in [-0.39, 0.29) is 11.9 Å². The van der Waals surface area contributed by atoms with Crippen molar-refractivity contribution in [1.29, 1.82) is 0 Å². The highest BCUT2D eigenvalue weighted by atomic mass is 16.2. The predicted molar refractivity (Wildman–Crippen MR) is 83.6 cm³/mol. The lowest BCUT2D eigenvalue weighted by molar-refractivity contribution is 0.0655. The normalized spacial score (nSPS) is 19.9. The van der Waals surface area contributed by atoms with E-state index >= 15 is 0 Å². The van der Waals surface area contributed by atoms with Crippen LogP contribution in [0, 0.1) is 5.92 Å². The first kappa shape index (κ1) is 14.7. The summed E-state index contributed by atoms with van der Waals surface area (Å²) in [5, 5.41) is 4.15. The SMILES string of the molecule is CC(N)C1CCCN(C(=O)c2cccc(-n3cccn3)n2)C1. The molecule has 2 aromatic heterocycles. The highest BCUT2D eigenvalue weighted by molar-refractivity contribution is 5.92. The topological polar surface area (TPSA) is 77.0 Å². The molecule has 0 saturated carbocycles. The van der Waals surface area contributed by atoms with Gasteiger partial charge in [0.15, 0.2) is 5.82 Å². The molecule has 22 heavy (non-hydrogen) atoms. The van der Waals surface area contributed by atoms with E-state index in [2.05, 4.69) is 10.1 Å². The van der Waals surface area contributed by atoms with Crippen LogP contribution >= 0.6 is 0 Å². The maximum Gasteiger partial charge on any atom is 0.272 e. The van der Waals surface area contributed by atoms with Crippen LogP contribution in [0.1, 0.15) is 30.3 Å². The van der Waals surface area contributed by atoms with Gasteiger partial charge in [0.1, 0.15) is 5.69 Å². The number of rotatable bonds is 3. The van der Waals surface area contributed by atoms with Crippen LogP contribution in [-0.2, 0) is 0 Å². The molecule has 0 aliphatic carbocycles. The van der Waals surface area contributed by atoms with Gasteiger partial charge in [-0.3, -0.25) is 4.79 Å². The summed E-state index contributed by atoms with van der Waals surface area (Å²) in [5.41, 5.74) is 6.45. The number of amides is 1. The lowest BCUT2D eigenvalue weighted by Crippen LogP contribution is -2.45. The molecule has 1 saturated heterocycles. The number of carbonyl (C=O) groups excluding carboxylic acids is 1. The third-order valence-electron chi connectivity index (χ3n) is 4.18. The number of carbonyl (C=O) groups is 1. The predicted octanol–water partition coefficient (Wildman–Crippen LogP) is 1.47. The van der Waals surface area contributed by atoms with Crippen LogP contribution in [0.3, 0.4) is 0 Å². The summed E-state index contributed by atoms with van der Waals surface area (Å²) in [6.45, 7) is 3.50. The number of nitrogens with zero attached hydrogens (tertiary/aromatic N) is 4. The van der Waals surface area contributed by atoms with Gasteiger partial charge in [-0.05, 0) is 43.9 Å². The Hall–Kier alpha value is -2.21. The Bertz CT molecular complexity index is 638. The molecular formula is C16H21N5O. The number of nitrogens with two attached hydrogens (primary N) is 1. The zero-order chi connectivity index (χ0) is 15.5. The van der Waals surface area contributed by atoms with E-state index in [9.17, 15) is 4.79 Å². The van der Waals surface area contributed by atoms with E-state index in [0.717, 1.165) is 19.4 Å². The molecular weight excluding hydrogens is 278 g/mol. The van der Waals surface area contributed by atoms with Gasteiger partial charge in [-0.15, -0.1) is 0 Å². The number of likely N-dealkylation sites (tertiary alicyclic amines) is 1. The quantitative estimate of drug-likeness (QED) is 0.931. The van der Waals surface area contributed by atoms with Gasteiger partial charge >= 0.3 is 0 Å². The van der Waals surface area contributed by atoms with Gasteiger partial charge in [0, 0.05) is 31.5 Å². The standard InChI is InChI=1S/C16H21N5O/c1-12(17)13-5-3-9-20(11-13)16(22)14-6-2-7-15(19-14)21-10-4-8-18-21/h2,4,6-8,10,12-13H,3,5,9,11,17H2,1H3. The van der Waals surface area contributed by atoms with Crippen LogP contribution in [0.4, 0.5) is 0 Å². The van der Waals surface area contributed by atoms with E-state index in [0.29, 0.717) is 24.0 Å². The number of hydrogen-bond acceptors (Lipinski definition) is 4. The first-order valence-corrected chi connectivity index (χ1v) is 7.67. The van der Waals surface area contributed by atoms with Crippen LogP contribution in [0.5, 0.6) is 0 Å². The minimum absolute atomic E-state index is 0.0284. The van der Waals surface area contributed by atoms with Crippen molar-refractivity contribution in [3.8, 4) is 5.82 Å². The van der Waals surface area contributed by atoms with E-state index in [4.69, 9.17) is 5.73 Å². The summed E-state index contributed by atoms with van der Waals surface area (Å²) in [6, 6.07) is 7.37. The smallest absolute Gasteiger partial charge is 0.272 e. The van der Waals surface area contributed by atoms with Crippen molar-refractivity contribution in [2.45, 2.75) is 25.8 Å². The molecule has 0 aromatic carbocycles. The molecule has 3 heterocycles. The van der Waals surface area contributed by atoms with Gasteiger partial charge in [0.25, 0.3) is 5.91 Å². The Balaban J connectivity index is 1.79. The molecule has 6 heteroatoms. The maximum absolute atomic E-state index is 12.7. The van der Waals surface area contributed by atoms with Crippen LogP contribution in [0.2, 0.25) is 0 Å². The molecule has 2 N–H and O–H groups in total. The maximum atomic E-state index is 12.7. The van der Waals surface area contributed by atoms with Gasteiger partial charge in [0.05, 0.1) is 0 Å². The first-order valence-electron chi connectivity index (χ1n) is 7.67. The largest absolute Gasteiger partial charge is 0.337 e. The molecule has 0 bridgehead atoms. The second-order valence-corrected chi connectivity index (χ2v) is 5.84. The van der Waals surface area contributed by atoms with Crippen molar-refractivity contribution in [3.63, 3.8) is 0 Å². The van der Waals surface area contributed by atoms with Crippen molar-refractivity contribution in [3.05, 3.63) is 42.4 Å². The molecule has 2 unspecified atom stereocenters. The minimum Gasteiger partial charge on any atom is -0.337 e. The third kappa shape index (κ3) is 3.01. The van der Waals surface area contributed by atoms with E-state index in [1.165, 1.54) is 0 Å². The molecule has 6 nitrogen and oxygen atoms in total. The van der Waals surface area contributed by atoms with Crippen molar-refractivity contribution in [1.82, 2.24) is 19.7 Å². The number of hydrogen-bond donors (Lipinski definition) is 1. The average molecular weight is 299 g/mol. The highest BCUT2D eigenvalue weighted by Crippen LogP contribution is 2.20. The molecule has 116 valence electrons. The molecule has 2 atom stereocenters. The third-order valence-corrected chi connectivity index (χ3v) is 4.18. The summed E-state index contributed by atoms with van der Waals surface area (Å²) in [7, 11) is 0. The number of piperidine rings is 1. The fourth-order valence-corrected chi connectivity index (χ4v) is 2.86. The summed E-state index contributed by atoms with van der Waals surface area (Å²) >= 11 is 0. The molecule has 1 fully saturated rings. The summed E-state index contributed by atoms with van der Waals surface area (Å²) in [5.74, 6) is 0.989. The Labute approximate surface area is 129 Å². The van der Waals surface area contributed by atoms with Gasteiger partial charge in [-0.2, -0.15) is 5.10 Å². The van der Waals surface area contributed by atoms with Gasteiger partial charge in [-0.25, -0.2) is 9.67 Å². The van der Waals surface area contributed by atoms with Crippen molar-refractivity contribution >= 4 is 5.91 Å². The minimum atomic E-state index is -0.0284. The lowest BCUT2D eigenvalue weighted by atomic mass is 9.92. The van der Waals surface area contributed by atoms with Gasteiger partial charge in [0.2, 0.25) is 0 Å². The second kappa shape index (κ2) is 6.27. The monoisotopic (exact) mass is 299 g/mol. The molecule has 2 aromatic rings. The summed E-state index contributed by atoms with van der Waals surface area (Å²) in [4.78, 5) is 19.0. The average Bonchev–Trinajstić information content (AvgIpc) is 3.09. The highest BCUT2D eigenvalue weighted by Gasteiger charge is 2.27. The van der Waals surface area contributed by atoms with E-state index < -0.39 is 0 Å². The van der Waals surface area contributed by atoms with Crippen LogP contribution in [0.15, 0.2) is 36.7 Å². The molecule has 1 aliphatic rings. The molecule has 3 rings (SSSR count). The second-order valence-electron chi connectivity index (χ2n) is 5.84. The van der Waals surface area contributed by atoms with Crippen molar-refractivity contribution < 1.29 is 4.79 Å². The van der Waals surface area contributed by atoms with E-state index in [1.807, 2.05) is 36.2 Å². The molecule has 1 aliphatic heterocycles. The molecule has 1 amide bonds. The van der Waals surface area contributed by atoms with Gasteiger partial charge < -0.3 is 10.6 Å². The Morgan fingerprint density at radius 2 is 2.27 bits per heavy atom. The van der Waals surface area contributed by atoms with Crippen LogP contribution in [-0.4, -0.2) is 44.7 Å². The summed E-state index contributed by atoms with van der Waals surface area (Å²) < 4.78 is 1.65. The molecule has 0 spiro atoms. The fraction of sp³-hybridized carbons (Fsp3) is 0.438. The van der Waals surface area contributed by atoms with Crippen LogP contribution < -0.4 is 5.73 Å². The number of aromatic nitrogens is 3. The van der Waals surface area contributed by atoms with E-state index in [1.54, 1.807) is 16.9 Å². The first-order chi connectivity index (χ1) is 10.6. The Morgan fingerprint density at radius 3 is 3.00 bits per heavy atom. The van der Waals surface area contributed by atoms with Gasteiger partial charge in [-0.1, -0.05) is 6.07 Å². The van der Waals surface area contributed by atoms with Crippen LogP contribution in [0.25, 0.3) is 5.82 Å². The Kier molecular flexibility index (Phi) is 4.20.